The molecule has 3 aromatic rings. The molecular weight excluding hydrogens is 388 g/mol. The highest BCUT2D eigenvalue weighted by Gasteiger charge is 2.30. The number of anilines is 1. The van der Waals surface area contributed by atoms with Crippen molar-refractivity contribution >= 4 is 18.1 Å². The molecule has 1 unspecified atom stereocenters. The van der Waals surface area contributed by atoms with Crippen molar-refractivity contribution in [1.29, 1.82) is 0 Å². The number of hydrogen-bond acceptors (Lipinski definition) is 6. The van der Waals surface area contributed by atoms with Crippen molar-refractivity contribution in [1.82, 2.24) is 25.1 Å². The molecule has 0 radical (unpaired) electrons. The van der Waals surface area contributed by atoms with E-state index < -0.39 is 0 Å². The Morgan fingerprint density at radius 1 is 1.00 bits per heavy atom. The predicted molar refractivity (Wildman–Crippen MR) is 115 cm³/mol. The Bertz CT molecular complexity index is 843. The lowest BCUT2D eigenvalue weighted by atomic mass is 10.0. The van der Waals surface area contributed by atoms with Gasteiger partial charge in [0.25, 0.3) is 0 Å². The zero-order valence-electron chi connectivity index (χ0n) is 17.0. The van der Waals surface area contributed by atoms with Crippen LogP contribution in [0, 0.1) is 5.92 Å². The maximum atomic E-state index is 5.49. The molecule has 4 rings (SSSR count). The molecule has 1 aromatic carbocycles. The van der Waals surface area contributed by atoms with Crippen LogP contribution in [0.4, 0.5) is 5.69 Å². The summed E-state index contributed by atoms with van der Waals surface area (Å²) >= 11 is 0. The van der Waals surface area contributed by atoms with Crippen LogP contribution in [0.1, 0.15) is 37.9 Å². The molecule has 0 spiro atoms. The summed E-state index contributed by atoms with van der Waals surface area (Å²) in [5, 5.41) is 12.6. The average molecular weight is 417 g/mol. The van der Waals surface area contributed by atoms with Gasteiger partial charge in [0.1, 0.15) is 12.3 Å². The van der Waals surface area contributed by atoms with Crippen molar-refractivity contribution in [2.45, 2.75) is 32.9 Å². The van der Waals surface area contributed by atoms with Gasteiger partial charge in [-0.2, -0.15) is 0 Å². The Morgan fingerprint density at radius 2 is 1.76 bits per heavy atom. The summed E-state index contributed by atoms with van der Waals surface area (Å²) < 4.78 is 7.38. The fourth-order valence-corrected chi connectivity index (χ4v) is 3.91. The number of halogens is 1. The smallest absolute Gasteiger partial charge is 0.168 e. The van der Waals surface area contributed by atoms with E-state index in [2.05, 4.69) is 69.5 Å². The number of nitrogens with zero attached hydrogens (tertiary/aromatic N) is 6. The molecular formula is C21H29ClN6O. The van der Waals surface area contributed by atoms with Crippen LogP contribution in [0.2, 0.25) is 0 Å². The third-order valence-corrected chi connectivity index (χ3v) is 5.31. The summed E-state index contributed by atoms with van der Waals surface area (Å²) in [5.74, 6) is 2.36. The zero-order chi connectivity index (χ0) is 19.3. The molecule has 29 heavy (non-hydrogen) atoms. The van der Waals surface area contributed by atoms with Gasteiger partial charge < -0.3 is 9.32 Å². The second-order valence-corrected chi connectivity index (χ2v) is 7.78. The molecule has 1 atom stereocenters. The van der Waals surface area contributed by atoms with Crippen LogP contribution in [-0.2, 0) is 6.54 Å². The number of benzene rings is 1. The molecule has 0 bridgehead atoms. The van der Waals surface area contributed by atoms with E-state index in [1.807, 2.05) is 16.8 Å². The van der Waals surface area contributed by atoms with Gasteiger partial charge in [-0.1, -0.05) is 32.0 Å². The van der Waals surface area contributed by atoms with Crippen molar-refractivity contribution < 1.29 is 4.42 Å². The standard InChI is InChI=1S/C21H28N6O.ClH/c1-17(2)15-20(21-22-23-24-27(21)16-19-9-6-14-28-19)26-12-10-25(11-13-26)18-7-4-3-5-8-18;/h3-9,14,17,20H,10-13,15-16H2,1-2H3;1H. The molecule has 1 fully saturated rings. The van der Waals surface area contributed by atoms with Crippen molar-refractivity contribution in [3.8, 4) is 0 Å². The number of aromatic nitrogens is 4. The highest BCUT2D eigenvalue weighted by atomic mass is 35.5. The molecule has 7 nitrogen and oxygen atoms in total. The van der Waals surface area contributed by atoms with E-state index in [1.54, 1.807) is 6.26 Å². The second kappa shape index (κ2) is 9.89. The number of hydrogen-bond donors (Lipinski definition) is 0. The number of piperazine rings is 1. The van der Waals surface area contributed by atoms with Gasteiger partial charge >= 0.3 is 0 Å². The van der Waals surface area contributed by atoms with Crippen LogP contribution in [0.3, 0.4) is 0 Å². The van der Waals surface area contributed by atoms with Crippen LogP contribution < -0.4 is 4.90 Å². The molecule has 2 aromatic heterocycles. The van der Waals surface area contributed by atoms with Crippen LogP contribution in [0.5, 0.6) is 0 Å². The summed E-state index contributed by atoms with van der Waals surface area (Å²) in [6.07, 6.45) is 2.72. The van der Waals surface area contributed by atoms with E-state index >= 15 is 0 Å². The minimum atomic E-state index is 0. The Balaban J connectivity index is 0.00000240. The number of rotatable bonds is 7. The molecule has 8 heteroatoms. The Morgan fingerprint density at radius 3 is 2.41 bits per heavy atom. The first-order valence-electron chi connectivity index (χ1n) is 10.0. The first-order chi connectivity index (χ1) is 13.7. The molecule has 0 N–H and O–H groups in total. The normalized spacial score (nSPS) is 16.0. The molecule has 0 aliphatic carbocycles. The lowest BCUT2D eigenvalue weighted by Gasteiger charge is -2.40. The lowest BCUT2D eigenvalue weighted by Crippen LogP contribution is -2.48. The van der Waals surface area contributed by atoms with Gasteiger partial charge in [0.2, 0.25) is 0 Å². The van der Waals surface area contributed by atoms with E-state index in [1.165, 1.54) is 5.69 Å². The Hall–Kier alpha value is -2.38. The summed E-state index contributed by atoms with van der Waals surface area (Å²) in [6, 6.07) is 14.7. The van der Waals surface area contributed by atoms with Crippen LogP contribution in [-0.4, -0.2) is 51.3 Å². The minimum Gasteiger partial charge on any atom is -0.467 e. The highest BCUT2D eigenvalue weighted by molar-refractivity contribution is 5.85. The van der Waals surface area contributed by atoms with E-state index in [0.717, 1.165) is 44.2 Å². The fraction of sp³-hybridized carbons (Fsp3) is 0.476. The van der Waals surface area contributed by atoms with Crippen molar-refractivity contribution in [2.75, 3.05) is 31.1 Å². The summed E-state index contributed by atoms with van der Waals surface area (Å²) in [7, 11) is 0. The number of tetrazole rings is 1. The lowest BCUT2D eigenvalue weighted by molar-refractivity contribution is 0.153. The first kappa shape index (κ1) is 21.3. The quantitative estimate of drug-likeness (QED) is 0.585. The monoisotopic (exact) mass is 416 g/mol. The van der Waals surface area contributed by atoms with E-state index in [4.69, 9.17) is 4.42 Å². The van der Waals surface area contributed by atoms with E-state index in [9.17, 15) is 0 Å². The van der Waals surface area contributed by atoms with E-state index in [-0.39, 0.29) is 18.4 Å². The van der Waals surface area contributed by atoms with Crippen molar-refractivity contribution in [3.63, 3.8) is 0 Å². The van der Waals surface area contributed by atoms with Crippen molar-refractivity contribution in [3.05, 3.63) is 60.3 Å². The summed E-state index contributed by atoms with van der Waals surface area (Å²) in [5.41, 5.74) is 1.30. The van der Waals surface area contributed by atoms with E-state index in [0.29, 0.717) is 12.5 Å². The predicted octanol–water partition coefficient (Wildman–Crippen LogP) is 3.65. The third-order valence-electron chi connectivity index (χ3n) is 5.31. The molecule has 156 valence electrons. The van der Waals surface area contributed by atoms with Gasteiger partial charge in [0.05, 0.1) is 12.3 Å². The summed E-state index contributed by atoms with van der Waals surface area (Å²) in [4.78, 5) is 4.98. The average Bonchev–Trinajstić information content (AvgIpc) is 3.39. The topological polar surface area (TPSA) is 63.2 Å². The van der Waals surface area contributed by atoms with Crippen LogP contribution in [0.25, 0.3) is 0 Å². The molecule has 1 saturated heterocycles. The molecule has 0 saturated carbocycles. The minimum absolute atomic E-state index is 0. The van der Waals surface area contributed by atoms with Gasteiger partial charge in [-0.15, -0.1) is 17.5 Å². The first-order valence-corrected chi connectivity index (χ1v) is 10.0. The largest absolute Gasteiger partial charge is 0.467 e. The molecule has 3 heterocycles. The fourth-order valence-electron chi connectivity index (χ4n) is 3.91. The molecule has 1 aliphatic heterocycles. The molecule has 0 amide bonds. The second-order valence-electron chi connectivity index (χ2n) is 7.78. The number of para-hydroxylation sites is 1. The number of furan rings is 1. The molecule has 1 aliphatic rings. The van der Waals surface area contributed by atoms with Gasteiger partial charge in [0.15, 0.2) is 5.82 Å². The maximum Gasteiger partial charge on any atom is 0.168 e. The maximum absolute atomic E-state index is 5.49. The van der Waals surface area contributed by atoms with Gasteiger partial charge in [-0.05, 0) is 47.0 Å². The Kier molecular flexibility index (Phi) is 7.28. The SMILES string of the molecule is CC(C)CC(c1nnnn1Cc1ccco1)N1CCN(c2ccccc2)CC1.Cl. The van der Waals surface area contributed by atoms with Crippen molar-refractivity contribution in [2.24, 2.45) is 5.92 Å². The van der Waals surface area contributed by atoms with Gasteiger partial charge in [0, 0.05) is 31.9 Å². The van der Waals surface area contributed by atoms with Gasteiger partial charge in [-0.3, -0.25) is 4.90 Å². The Labute approximate surface area is 178 Å². The van der Waals surface area contributed by atoms with Crippen LogP contribution in [0.15, 0.2) is 53.1 Å². The zero-order valence-corrected chi connectivity index (χ0v) is 17.8. The third kappa shape index (κ3) is 5.16. The summed E-state index contributed by atoms with van der Waals surface area (Å²) in [6.45, 7) is 9.10. The van der Waals surface area contributed by atoms with Crippen LogP contribution >= 0.6 is 12.4 Å². The highest BCUT2D eigenvalue weighted by Crippen LogP contribution is 2.28. The van der Waals surface area contributed by atoms with Gasteiger partial charge in [-0.25, -0.2) is 4.68 Å².